The van der Waals surface area contributed by atoms with Gasteiger partial charge < -0.3 is 15.4 Å². The van der Waals surface area contributed by atoms with Gasteiger partial charge in [-0.25, -0.2) is 9.78 Å². The second kappa shape index (κ2) is 8.83. The second-order valence-electron chi connectivity index (χ2n) is 7.51. The van der Waals surface area contributed by atoms with Crippen molar-refractivity contribution in [3.8, 4) is 0 Å². The summed E-state index contributed by atoms with van der Waals surface area (Å²) < 4.78 is 5.15. The molecule has 2 N–H and O–H groups in total. The maximum atomic E-state index is 12.2. The lowest BCUT2D eigenvalue weighted by Gasteiger charge is -2.26. The minimum Gasteiger partial charge on any atom is -0.444 e. The number of carbonyl (C=O) groups excluding carboxylic acids is 2. The molecule has 138 valence electrons. The zero-order chi connectivity index (χ0) is 18.3. The molecule has 0 bridgehead atoms. The van der Waals surface area contributed by atoms with Crippen LogP contribution in [-0.4, -0.2) is 35.0 Å². The van der Waals surface area contributed by atoms with Crippen molar-refractivity contribution >= 4 is 17.7 Å². The smallest absolute Gasteiger partial charge is 0.407 e. The summed E-state index contributed by atoms with van der Waals surface area (Å²) in [6.07, 6.45) is 6.79. The zero-order valence-electron chi connectivity index (χ0n) is 15.4. The number of hydrogen-bond acceptors (Lipinski definition) is 5. The molecule has 2 rings (SSSR count). The van der Waals surface area contributed by atoms with Gasteiger partial charge in [-0.2, -0.15) is 0 Å². The molecule has 0 spiro atoms. The molecule has 1 fully saturated rings. The molecule has 0 aliphatic heterocycles. The predicted octanol–water partition coefficient (Wildman–Crippen LogP) is 3.92. The standard InChI is InChI=1S/C19H29N3O3/c1-19(2,3)25-18(24)20-12-5-4-9-16(23)14-10-11-17(21-13-14)22-15-7-6-8-15/h10-11,13,15H,4-9,12H2,1-3H3,(H,20,24)(H,21,22). The van der Waals surface area contributed by atoms with E-state index < -0.39 is 11.7 Å². The van der Waals surface area contributed by atoms with Gasteiger partial charge in [-0.05, 0) is 65.0 Å². The third-order valence-corrected chi connectivity index (χ3v) is 4.04. The Morgan fingerprint density at radius 2 is 2.00 bits per heavy atom. The van der Waals surface area contributed by atoms with Gasteiger partial charge >= 0.3 is 6.09 Å². The van der Waals surface area contributed by atoms with Crippen LogP contribution in [0, 0.1) is 0 Å². The fraction of sp³-hybridized carbons (Fsp3) is 0.632. The number of carbonyl (C=O) groups is 2. The number of anilines is 1. The van der Waals surface area contributed by atoms with E-state index in [0.29, 0.717) is 24.6 Å². The molecule has 1 aromatic heterocycles. The molecule has 1 amide bonds. The van der Waals surface area contributed by atoms with Gasteiger partial charge in [0, 0.05) is 30.8 Å². The minimum atomic E-state index is -0.493. The molecule has 25 heavy (non-hydrogen) atoms. The van der Waals surface area contributed by atoms with Gasteiger partial charge in [0.1, 0.15) is 11.4 Å². The molecule has 0 aromatic carbocycles. The Labute approximate surface area is 149 Å². The Morgan fingerprint density at radius 3 is 2.56 bits per heavy atom. The van der Waals surface area contributed by atoms with Crippen LogP contribution >= 0.6 is 0 Å². The average molecular weight is 347 g/mol. The Bertz CT molecular complexity index is 575. The molecular formula is C19H29N3O3. The van der Waals surface area contributed by atoms with E-state index in [-0.39, 0.29) is 5.78 Å². The number of nitrogens with zero attached hydrogens (tertiary/aromatic N) is 1. The summed E-state index contributed by atoms with van der Waals surface area (Å²) in [4.78, 5) is 28.0. The maximum absolute atomic E-state index is 12.2. The summed E-state index contributed by atoms with van der Waals surface area (Å²) in [5.74, 6) is 0.919. The number of nitrogens with one attached hydrogen (secondary N) is 2. The van der Waals surface area contributed by atoms with Crippen LogP contribution in [0.5, 0.6) is 0 Å². The summed E-state index contributed by atoms with van der Waals surface area (Å²) in [5.41, 5.74) is 0.145. The highest BCUT2D eigenvalue weighted by atomic mass is 16.6. The van der Waals surface area contributed by atoms with Crippen LogP contribution in [0.15, 0.2) is 18.3 Å². The van der Waals surface area contributed by atoms with Gasteiger partial charge in [-0.3, -0.25) is 4.79 Å². The van der Waals surface area contributed by atoms with E-state index in [0.717, 1.165) is 18.7 Å². The van der Waals surface area contributed by atoms with Crippen molar-refractivity contribution in [3.63, 3.8) is 0 Å². The van der Waals surface area contributed by atoms with E-state index in [1.807, 2.05) is 32.9 Å². The first-order valence-corrected chi connectivity index (χ1v) is 9.06. The first-order valence-electron chi connectivity index (χ1n) is 9.06. The van der Waals surface area contributed by atoms with Crippen LogP contribution in [0.2, 0.25) is 0 Å². The number of unbranched alkanes of at least 4 members (excludes halogenated alkanes) is 1. The average Bonchev–Trinajstić information content (AvgIpc) is 2.49. The minimum absolute atomic E-state index is 0.0833. The molecule has 1 aliphatic rings. The zero-order valence-corrected chi connectivity index (χ0v) is 15.4. The van der Waals surface area contributed by atoms with Crippen molar-refractivity contribution in [3.05, 3.63) is 23.9 Å². The Morgan fingerprint density at radius 1 is 1.24 bits per heavy atom. The lowest BCUT2D eigenvalue weighted by atomic mass is 9.93. The van der Waals surface area contributed by atoms with Crippen LogP contribution in [0.25, 0.3) is 0 Å². The van der Waals surface area contributed by atoms with Gasteiger partial charge in [0.15, 0.2) is 5.78 Å². The van der Waals surface area contributed by atoms with E-state index >= 15 is 0 Å². The van der Waals surface area contributed by atoms with E-state index in [2.05, 4.69) is 15.6 Å². The van der Waals surface area contributed by atoms with E-state index in [1.54, 1.807) is 6.20 Å². The Hall–Kier alpha value is -2.11. The number of hydrogen-bond donors (Lipinski definition) is 2. The van der Waals surface area contributed by atoms with Gasteiger partial charge in [0.25, 0.3) is 0 Å². The second-order valence-corrected chi connectivity index (χ2v) is 7.51. The summed E-state index contributed by atoms with van der Waals surface area (Å²) in [7, 11) is 0. The van der Waals surface area contributed by atoms with Crippen LogP contribution < -0.4 is 10.6 Å². The number of amides is 1. The molecule has 0 saturated heterocycles. The molecule has 6 nitrogen and oxygen atoms in total. The fourth-order valence-electron chi connectivity index (χ4n) is 2.47. The largest absolute Gasteiger partial charge is 0.444 e. The number of rotatable bonds is 8. The number of alkyl carbamates (subject to hydrolysis) is 1. The fourth-order valence-corrected chi connectivity index (χ4v) is 2.47. The Kier molecular flexibility index (Phi) is 6.79. The number of aromatic nitrogens is 1. The van der Waals surface area contributed by atoms with E-state index in [4.69, 9.17) is 4.74 Å². The van der Waals surface area contributed by atoms with Gasteiger partial charge in [-0.15, -0.1) is 0 Å². The van der Waals surface area contributed by atoms with Crippen molar-refractivity contribution in [2.75, 3.05) is 11.9 Å². The summed E-state index contributed by atoms with van der Waals surface area (Å²) in [5, 5.41) is 6.05. The molecule has 0 atom stereocenters. The van der Waals surface area contributed by atoms with Crippen LogP contribution in [0.4, 0.5) is 10.6 Å². The normalized spacial score (nSPS) is 14.5. The van der Waals surface area contributed by atoms with Crippen molar-refractivity contribution in [2.45, 2.75) is 70.9 Å². The summed E-state index contributed by atoms with van der Waals surface area (Å²) in [6, 6.07) is 4.23. The molecule has 0 radical (unpaired) electrons. The molecular weight excluding hydrogens is 318 g/mol. The van der Waals surface area contributed by atoms with Crippen LogP contribution in [0.1, 0.15) is 69.7 Å². The topological polar surface area (TPSA) is 80.3 Å². The number of ketones is 1. The lowest BCUT2D eigenvalue weighted by molar-refractivity contribution is 0.0527. The SMILES string of the molecule is CC(C)(C)OC(=O)NCCCCC(=O)c1ccc(NC2CCC2)nc1. The highest BCUT2D eigenvalue weighted by Gasteiger charge is 2.17. The first-order chi connectivity index (χ1) is 11.8. The Balaban J connectivity index is 1.62. The monoisotopic (exact) mass is 347 g/mol. The third kappa shape index (κ3) is 7.11. The van der Waals surface area contributed by atoms with E-state index in [9.17, 15) is 9.59 Å². The molecule has 0 unspecified atom stereocenters. The number of Topliss-reactive ketones (excluding diaryl/α,β-unsaturated/α-hetero) is 1. The van der Waals surface area contributed by atoms with Crippen molar-refractivity contribution in [2.24, 2.45) is 0 Å². The highest BCUT2D eigenvalue weighted by Crippen LogP contribution is 2.22. The van der Waals surface area contributed by atoms with Crippen LogP contribution in [0.3, 0.4) is 0 Å². The van der Waals surface area contributed by atoms with Crippen molar-refractivity contribution in [1.82, 2.24) is 10.3 Å². The quantitative estimate of drug-likeness (QED) is 0.550. The van der Waals surface area contributed by atoms with Crippen molar-refractivity contribution in [1.29, 1.82) is 0 Å². The van der Waals surface area contributed by atoms with Gasteiger partial charge in [0.05, 0.1) is 0 Å². The first kappa shape index (κ1) is 19.2. The summed E-state index contributed by atoms with van der Waals surface area (Å²) in [6.45, 7) is 5.98. The van der Waals surface area contributed by atoms with Gasteiger partial charge in [0.2, 0.25) is 0 Å². The lowest BCUT2D eigenvalue weighted by Crippen LogP contribution is -2.33. The number of ether oxygens (including phenoxy) is 1. The van der Waals surface area contributed by atoms with Crippen molar-refractivity contribution < 1.29 is 14.3 Å². The predicted molar refractivity (Wildman–Crippen MR) is 97.9 cm³/mol. The molecule has 6 heteroatoms. The third-order valence-electron chi connectivity index (χ3n) is 4.04. The van der Waals surface area contributed by atoms with Gasteiger partial charge in [-0.1, -0.05) is 0 Å². The molecule has 1 aromatic rings. The summed E-state index contributed by atoms with van der Waals surface area (Å²) >= 11 is 0. The van der Waals surface area contributed by atoms with Crippen LogP contribution in [-0.2, 0) is 4.74 Å². The molecule has 1 aliphatic carbocycles. The highest BCUT2D eigenvalue weighted by molar-refractivity contribution is 5.95. The molecule has 1 saturated carbocycles. The maximum Gasteiger partial charge on any atom is 0.407 e. The number of pyridine rings is 1. The van der Waals surface area contributed by atoms with E-state index in [1.165, 1.54) is 19.3 Å². The molecule has 1 heterocycles.